The van der Waals surface area contributed by atoms with Crippen molar-refractivity contribution in [2.24, 2.45) is 17.8 Å². The maximum atomic E-state index is 10.7. The molecule has 0 amide bonds. The Kier molecular flexibility index (Phi) is 6.27. The predicted molar refractivity (Wildman–Crippen MR) is 82.4 cm³/mol. The summed E-state index contributed by atoms with van der Waals surface area (Å²) in [5.41, 5.74) is 2.70. The molecule has 1 heteroatoms. The van der Waals surface area contributed by atoms with Crippen molar-refractivity contribution in [2.45, 2.75) is 53.4 Å². The second-order valence-electron chi connectivity index (χ2n) is 6.54. The topological polar surface area (TPSA) is 17.1 Å². The lowest BCUT2D eigenvalue weighted by Gasteiger charge is -2.23. The minimum absolute atomic E-state index is 0.113. The van der Waals surface area contributed by atoms with Crippen LogP contribution < -0.4 is 0 Å². The average molecular weight is 260 g/mol. The zero-order chi connectivity index (χ0) is 14.4. The van der Waals surface area contributed by atoms with E-state index in [1.165, 1.54) is 17.5 Å². The van der Waals surface area contributed by atoms with Gasteiger partial charge in [-0.15, -0.1) is 0 Å². The second-order valence-corrected chi connectivity index (χ2v) is 6.54. The molecule has 0 fully saturated rings. The Morgan fingerprint density at radius 2 is 1.58 bits per heavy atom. The van der Waals surface area contributed by atoms with Gasteiger partial charge >= 0.3 is 0 Å². The zero-order valence-corrected chi connectivity index (χ0v) is 13.0. The van der Waals surface area contributed by atoms with E-state index in [4.69, 9.17) is 0 Å². The van der Waals surface area contributed by atoms with Gasteiger partial charge in [-0.2, -0.15) is 0 Å². The largest absolute Gasteiger partial charge is 0.303 e. The lowest BCUT2D eigenvalue weighted by molar-refractivity contribution is -0.110. The molecule has 1 rings (SSSR count). The molecule has 0 N–H and O–H groups in total. The highest BCUT2D eigenvalue weighted by atomic mass is 16.1. The van der Waals surface area contributed by atoms with Crippen molar-refractivity contribution < 1.29 is 4.79 Å². The Morgan fingerprint density at radius 3 is 2.00 bits per heavy atom. The maximum absolute atomic E-state index is 10.7. The highest BCUT2D eigenvalue weighted by molar-refractivity contribution is 5.53. The first kappa shape index (κ1) is 15.9. The number of benzene rings is 1. The molecule has 0 aliphatic rings. The lowest BCUT2D eigenvalue weighted by atomic mass is 9.82. The molecule has 0 spiro atoms. The van der Waals surface area contributed by atoms with Crippen molar-refractivity contribution in [3.8, 4) is 0 Å². The van der Waals surface area contributed by atoms with Crippen LogP contribution >= 0.6 is 0 Å². The number of hydrogen-bond donors (Lipinski definition) is 0. The molecule has 0 aromatic heterocycles. The van der Waals surface area contributed by atoms with Gasteiger partial charge in [-0.1, -0.05) is 58.9 Å². The van der Waals surface area contributed by atoms with Crippen LogP contribution in [-0.2, 0) is 11.2 Å². The smallest absolute Gasteiger partial charge is 0.123 e. The number of aldehydes is 1. The van der Waals surface area contributed by atoms with E-state index in [0.717, 1.165) is 18.6 Å². The first-order chi connectivity index (χ1) is 8.93. The van der Waals surface area contributed by atoms with E-state index in [9.17, 15) is 4.79 Å². The molecule has 1 aromatic rings. The monoisotopic (exact) mass is 260 g/mol. The lowest BCUT2D eigenvalue weighted by Crippen LogP contribution is -2.10. The fraction of sp³-hybridized carbons (Fsp3) is 0.611. The summed E-state index contributed by atoms with van der Waals surface area (Å²) >= 11 is 0. The van der Waals surface area contributed by atoms with E-state index in [1.54, 1.807) is 0 Å². The van der Waals surface area contributed by atoms with Gasteiger partial charge in [0.15, 0.2) is 0 Å². The Bertz CT molecular complexity index is 375. The van der Waals surface area contributed by atoms with Gasteiger partial charge in [-0.05, 0) is 41.7 Å². The molecule has 1 nitrogen and oxygen atoms in total. The van der Waals surface area contributed by atoms with Crippen LogP contribution in [-0.4, -0.2) is 6.29 Å². The second kappa shape index (κ2) is 7.47. The van der Waals surface area contributed by atoms with E-state index in [0.29, 0.717) is 11.8 Å². The SMILES string of the molecule is CC(C)CC(c1ccc(CC(C)C=O)cc1)C(C)C. The molecule has 19 heavy (non-hydrogen) atoms. The molecule has 0 saturated heterocycles. The molecule has 2 unspecified atom stereocenters. The van der Waals surface area contributed by atoms with Crippen LogP contribution in [0.15, 0.2) is 24.3 Å². The highest BCUT2D eigenvalue weighted by Crippen LogP contribution is 2.31. The molecule has 2 atom stereocenters. The fourth-order valence-electron chi connectivity index (χ4n) is 2.62. The molecular weight excluding hydrogens is 232 g/mol. The number of carbonyl (C=O) groups excluding carboxylic acids is 1. The van der Waals surface area contributed by atoms with Crippen LogP contribution in [0.5, 0.6) is 0 Å². The first-order valence-electron chi connectivity index (χ1n) is 7.48. The van der Waals surface area contributed by atoms with Crippen molar-refractivity contribution in [3.05, 3.63) is 35.4 Å². The summed E-state index contributed by atoms with van der Waals surface area (Å²) in [5.74, 6) is 2.14. The van der Waals surface area contributed by atoms with Gasteiger partial charge in [-0.3, -0.25) is 0 Å². The van der Waals surface area contributed by atoms with Crippen molar-refractivity contribution in [1.82, 2.24) is 0 Å². The quantitative estimate of drug-likeness (QED) is 0.640. The predicted octanol–water partition coefficient (Wildman–Crippen LogP) is 4.85. The number of hydrogen-bond acceptors (Lipinski definition) is 1. The summed E-state index contributed by atoms with van der Waals surface area (Å²) in [6.07, 6.45) is 3.12. The Balaban J connectivity index is 2.80. The first-order valence-corrected chi connectivity index (χ1v) is 7.48. The molecule has 0 aliphatic heterocycles. The van der Waals surface area contributed by atoms with Gasteiger partial charge in [0.1, 0.15) is 6.29 Å². The van der Waals surface area contributed by atoms with Crippen LogP contribution in [0.3, 0.4) is 0 Å². The Labute approximate surface area is 118 Å². The van der Waals surface area contributed by atoms with E-state index in [2.05, 4.69) is 52.0 Å². The van der Waals surface area contributed by atoms with Crippen LogP contribution in [0, 0.1) is 17.8 Å². The summed E-state index contributed by atoms with van der Waals surface area (Å²) in [5, 5.41) is 0. The Morgan fingerprint density at radius 1 is 1.00 bits per heavy atom. The molecule has 0 aliphatic carbocycles. The molecular formula is C18H28O. The molecule has 0 bridgehead atoms. The third-order valence-corrected chi connectivity index (χ3v) is 3.73. The minimum atomic E-state index is 0.113. The summed E-state index contributed by atoms with van der Waals surface area (Å²) in [6.45, 7) is 11.1. The van der Waals surface area contributed by atoms with Crippen LogP contribution in [0.4, 0.5) is 0 Å². The van der Waals surface area contributed by atoms with Gasteiger partial charge < -0.3 is 4.79 Å². The van der Waals surface area contributed by atoms with Crippen molar-refractivity contribution in [2.75, 3.05) is 0 Å². The number of rotatable bonds is 7. The molecule has 106 valence electrons. The van der Waals surface area contributed by atoms with Crippen molar-refractivity contribution >= 4 is 6.29 Å². The average Bonchev–Trinajstić information content (AvgIpc) is 2.36. The van der Waals surface area contributed by atoms with Crippen molar-refractivity contribution in [1.29, 1.82) is 0 Å². The van der Waals surface area contributed by atoms with Crippen LogP contribution in [0.1, 0.15) is 58.1 Å². The third kappa shape index (κ3) is 5.18. The highest BCUT2D eigenvalue weighted by Gasteiger charge is 2.17. The maximum Gasteiger partial charge on any atom is 0.123 e. The van der Waals surface area contributed by atoms with Gasteiger partial charge in [0.05, 0.1) is 0 Å². The van der Waals surface area contributed by atoms with Crippen LogP contribution in [0.25, 0.3) is 0 Å². The van der Waals surface area contributed by atoms with Crippen LogP contribution in [0.2, 0.25) is 0 Å². The Hall–Kier alpha value is -1.11. The van der Waals surface area contributed by atoms with Gasteiger partial charge in [0, 0.05) is 5.92 Å². The van der Waals surface area contributed by atoms with E-state index in [-0.39, 0.29) is 5.92 Å². The third-order valence-electron chi connectivity index (χ3n) is 3.73. The van der Waals surface area contributed by atoms with E-state index >= 15 is 0 Å². The zero-order valence-electron chi connectivity index (χ0n) is 13.0. The summed E-state index contributed by atoms with van der Waals surface area (Å²) in [6, 6.07) is 8.87. The summed E-state index contributed by atoms with van der Waals surface area (Å²) in [4.78, 5) is 10.7. The standard InChI is InChI=1S/C18H28O/c1-13(2)10-18(14(3)4)17-8-6-16(7-9-17)11-15(5)12-19/h6-9,12-15,18H,10-11H2,1-5H3. The van der Waals surface area contributed by atoms with Gasteiger partial charge in [0.2, 0.25) is 0 Å². The molecule has 0 saturated carbocycles. The fourth-order valence-corrected chi connectivity index (χ4v) is 2.62. The number of carbonyl (C=O) groups is 1. The molecule has 0 radical (unpaired) electrons. The van der Waals surface area contributed by atoms with E-state index < -0.39 is 0 Å². The molecule has 0 heterocycles. The van der Waals surface area contributed by atoms with Crippen molar-refractivity contribution in [3.63, 3.8) is 0 Å². The van der Waals surface area contributed by atoms with Gasteiger partial charge in [-0.25, -0.2) is 0 Å². The van der Waals surface area contributed by atoms with Gasteiger partial charge in [0.25, 0.3) is 0 Å². The van der Waals surface area contributed by atoms with E-state index in [1.807, 2.05) is 6.92 Å². The summed E-state index contributed by atoms with van der Waals surface area (Å²) in [7, 11) is 0. The molecule has 1 aromatic carbocycles. The summed E-state index contributed by atoms with van der Waals surface area (Å²) < 4.78 is 0. The minimum Gasteiger partial charge on any atom is -0.303 e. The normalized spacial score (nSPS) is 14.7.